The fourth-order valence-corrected chi connectivity index (χ4v) is 2.51. The largest absolute Gasteiger partial charge is 0.342 e. The molecular formula is C15H21NO. The summed E-state index contributed by atoms with van der Waals surface area (Å²) in [6.45, 7) is 5.83. The van der Waals surface area contributed by atoms with E-state index >= 15 is 0 Å². The smallest absolute Gasteiger partial charge is 0.225 e. The van der Waals surface area contributed by atoms with E-state index < -0.39 is 0 Å². The van der Waals surface area contributed by atoms with Gasteiger partial charge < -0.3 is 4.90 Å². The highest BCUT2D eigenvalue weighted by atomic mass is 16.2. The number of benzene rings is 1. The van der Waals surface area contributed by atoms with Gasteiger partial charge in [-0.1, -0.05) is 44.2 Å². The number of carbonyl (C=O) groups is 1. The van der Waals surface area contributed by atoms with E-state index in [1.165, 1.54) is 5.56 Å². The van der Waals surface area contributed by atoms with Gasteiger partial charge in [0.2, 0.25) is 5.91 Å². The van der Waals surface area contributed by atoms with Crippen molar-refractivity contribution < 1.29 is 4.79 Å². The van der Waals surface area contributed by atoms with Crippen molar-refractivity contribution in [3.63, 3.8) is 0 Å². The third-order valence-electron chi connectivity index (χ3n) is 3.46. The van der Waals surface area contributed by atoms with Gasteiger partial charge in [0, 0.05) is 19.0 Å². The second-order valence-electron chi connectivity index (χ2n) is 5.28. The summed E-state index contributed by atoms with van der Waals surface area (Å²) in [5, 5.41) is 0. The Bertz CT molecular complexity index is 372. The van der Waals surface area contributed by atoms with Gasteiger partial charge in [0.1, 0.15) is 0 Å². The zero-order chi connectivity index (χ0) is 12.3. The van der Waals surface area contributed by atoms with Crippen molar-refractivity contribution in [2.45, 2.75) is 26.7 Å². The summed E-state index contributed by atoms with van der Waals surface area (Å²) in [6.07, 6.45) is 2.25. The minimum absolute atomic E-state index is 0.130. The van der Waals surface area contributed by atoms with E-state index in [0.29, 0.717) is 11.8 Å². The molecule has 1 atom stereocenters. The number of likely N-dealkylation sites (tertiary alicyclic amines) is 1. The Morgan fingerprint density at radius 2 is 2.06 bits per heavy atom. The molecule has 2 nitrogen and oxygen atoms in total. The molecule has 1 unspecified atom stereocenters. The predicted octanol–water partition coefficient (Wildman–Crippen LogP) is 2.73. The average Bonchev–Trinajstić information content (AvgIpc) is 2.77. The molecule has 92 valence electrons. The molecule has 1 saturated heterocycles. The first-order valence-corrected chi connectivity index (χ1v) is 6.49. The van der Waals surface area contributed by atoms with E-state index in [1.54, 1.807) is 0 Å². The number of hydrogen-bond donors (Lipinski definition) is 0. The van der Waals surface area contributed by atoms with Crippen molar-refractivity contribution in [1.29, 1.82) is 0 Å². The Balaban J connectivity index is 1.88. The highest BCUT2D eigenvalue weighted by Crippen LogP contribution is 2.22. The van der Waals surface area contributed by atoms with Crippen LogP contribution in [0.2, 0.25) is 0 Å². The van der Waals surface area contributed by atoms with Crippen LogP contribution in [0.3, 0.4) is 0 Å². The van der Waals surface area contributed by atoms with Gasteiger partial charge in [0.25, 0.3) is 0 Å². The van der Waals surface area contributed by atoms with E-state index in [2.05, 4.69) is 24.3 Å². The topological polar surface area (TPSA) is 20.3 Å². The lowest BCUT2D eigenvalue weighted by molar-refractivity contribution is -0.133. The van der Waals surface area contributed by atoms with Gasteiger partial charge in [-0.25, -0.2) is 0 Å². The van der Waals surface area contributed by atoms with Crippen LogP contribution in [-0.4, -0.2) is 23.9 Å². The highest BCUT2D eigenvalue weighted by Gasteiger charge is 2.27. The molecule has 2 heteroatoms. The quantitative estimate of drug-likeness (QED) is 0.783. The zero-order valence-electron chi connectivity index (χ0n) is 10.7. The summed E-state index contributed by atoms with van der Waals surface area (Å²) in [5.74, 6) is 1.08. The molecule has 0 spiro atoms. The van der Waals surface area contributed by atoms with Crippen molar-refractivity contribution in [3.8, 4) is 0 Å². The Hall–Kier alpha value is -1.31. The van der Waals surface area contributed by atoms with Crippen molar-refractivity contribution >= 4 is 5.91 Å². The molecule has 1 amide bonds. The van der Waals surface area contributed by atoms with E-state index in [4.69, 9.17) is 0 Å². The summed E-state index contributed by atoms with van der Waals surface area (Å²) < 4.78 is 0. The summed E-state index contributed by atoms with van der Waals surface area (Å²) in [7, 11) is 0. The van der Waals surface area contributed by atoms with Gasteiger partial charge >= 0.3 is 0 Å². The Morgan fingerprint density at radius 1 is 1.35 bits per heavy atom. The molecule has 0 saturated carbocycles. The number of amides is 1. The van der Waals surface area contributed by atoms with Gasteiger partial charge in [-0.15, -0.1) is 0 Å². The van der Waals surface area contributed by atoms with Gasteiger partial charge in [0.15, 0.2) is 0 Å². The normalized spacial score (nSPS) is 19.9. The van der Waals surface area contributed by atoms with E-state index in [1.807, 2.05) is 24.8 Å². The SMILES string of the molecule is CC(C)C(=O)N1CCC(Cc2ccccc2)C1. The first-order valence-electron chi connectivity index (χ1n) is 6.49. The van der Waals surface area contributed by atoms with Gasteiger partial charge in [0.05, 0.1) is 0 Å². The summed E-state index contributed by atoms with van der Waals surface area (Å²) in [5.41, 5.74) is 1.39. The van der Waals surface area contributed by atoms with E-state index in [-0.39, 0.29) is 5.92 Å². The minimum atomic E-state index is 0.130. The van der Waals surface area contributed by atoms with Crippen LogP contribution < -0.4 is 0 Å². The molecule has 1 aliphatic heterocycles. The molecule has 0 aliphatic carbocycles. The monoisotopic (exact) mass is 231 g/mol. The lowest BCUT2D eigenvalue weighted by Crippen LogP contribution is -2.32. The summed E-state index contributed by atoms with van der Waals surface area (Å²) >= 11 is 0. The lowest BCUT2D eigenvalue weighted by atomic mass is 9.99. The Morgan fingerprint density at radius 3 is 2.71 bits per heavy atom. The van der Waals surface area contributed by atoms with Crippen LogP contribution in [0.15, 0.2) is 30.3 Å². The van der Waals surface area contributed by atoms with Crippen LogP contribution in [0.5, 0.6) is 0 Å². The molecule has 1 aliphatic rings. The van der Waals surface area contributed by atoms with Crippen molar-refractivity contribution in [2.75, 3.05) is 13.1 Å². The fraction of sp³-hybridized carbons (Fsp3) is 0.533. The molecular weight excluding hydrogens is 210 g/mol. The first kappa shape index (κ1) is 12.2. The van der Waals surface area contributed by atoms with Gasteiger partial charge in [-0.3, -0.25) is 4.79 Å². The second-order valence-corrected chi connectivity index (χ2v) is 5.28. The first-order chi connectivity index (χ1) is 8.16. The minimum Gasteiger partial charge on any atom is -0.342 e. The number of nitrogens with zero attached hydrogens (tertiary/aromatic N) is 1. The Kier molecular flexibility index (Phi) is 3.82. The van der Waals surface area contributed by atoms with Crippen LogP contribution in [0.25, 0.3) is 0 Å². The molecule has 1 aromatic carbocycles. The third kappa shape index (κ3) is 3.09. The average molecular weight is 231 g/mol. The molecule has 0 radical (unpaired) electrons. The van der Waals surface area contributed by atoms with Crippen molar-refractivity contribution in [1.82, 2.24) is 4.90 Å². The fourth-order valence-electron chi connectivity index (χ4n) is 2.51. The van der Waals surface area contributed by atoms with Crippen LogP contribution in [0.4, 0.5) is 0 Å². The molecule has 2 rings (SSSR count). The molecule has 0 N–H and O–H groups in total. The standard InChI is InChI=1S/C15H21NO/c1-12(2)15(17)16-9-8-14(11-16)10-13-6-4-3-5-7-13/h3-7,12,14H,8-11H2,1-2H3. The van der Waals surface area contributed by atoms with Gasteiger partial charge in [-0.05, 0) is 24.3 Å². The van der Waals surface area contributed by atoms with Crippen LogP contribution in [0, 0.1) is 11.8 Å². The maximum Gasteiger partial charge on any atom is 0.225 e. The number of carbonyl (C=O) groups excluding carboxylic acids is 1. The van der Waals surface area contributed by atoms with Crippen molar-refractivity contribution in [2.24, 2.45) is 11.8 Å². The zero-order valence-corrected chi connectivity index (χ0v) is 10.7. The number of hydrogen-bond acceptors (Lipinski definition) is 1. The highest BCUT2D eigenvalue weighted by molar-refractivity contribution is 5.78. The predicted molar refractivity (Wildman–Crippen MR) is 69.7 cm³/mol. The van der Waals surface area contributed by atoms with Gasteiger partial charge in [-0.2, -0.15) is 0 Å². The maximum absolute atomic E-state index is 11.9. The molecule has 1 aromatic rings. The second kappa shape index (κ2) is 5.35. The van der Waals surface area contributed by atoms with Crippen LogP contribution >= 0.6 is 0 Å². The van der Waals surface area contributed by atoms with E-state index in [9.17, 15) is 4.79 Å². The molecule has 0 aromatic heterocycles. The van der Waals surface area contributed by atoms with E-state index in [0.717, 1.165) is 25.9 Å². The van der Waals surface area contributed by atoms with Crippen LogP contribution in [0.1, 0.15) is 25.8 Å². The molecule has 1 heterocycles. The van der Waals surface area contributed by atoms with Crippen LogP contribution in [-0.2, 0) is 11.2 Å². The third-order valence-corrected chi connectivity index (χ3v) is 3.46. The number of rotatable bonds is 3. The van der Waals surface area contributed by atoms with Crippen molar-refractivity contribution in [3.05, 3.63) is 35.9 Å². The summed E-state index contributed by atoms with van der Waals surface area (Å²) in [4.78, 5) is 13.9. The Labute approximate surface area is 104 Å². The summed E-state index contributed by atoms with van der Waals surface area (Å²) in [6, 6.07) is 10.6. The lowest BCUT2D eigenvalue weighted by Gasteiger charge is -2.18. The molecule has 17 heavy (non-hydrogen) atoms. The molecule has 0 bridgehead atoms. The molecule has 1 fully saturated rings. The maximum atomic E-state index is 11.9.